The van der Waals surface area contributed by atoms with Gasteiger partial charge in [-0.25, -0.2) is 4.79 Å². The molecule has 1 rings (SSSR count). The third kappa shape index (κ3) is 8.74. The highest BCUT2D eigenvalue weighted by Crippen LogP contribution is 2.19. The summed E-state index contributed by atoms with van der Waals surface area (Å²) in [5, 5.41) is 20.8. The number of aliphatic hydroxyl groups is 2. The van der Waals surface area contributed by atoms with E-state index in [2.05, 4.69) is 12.2 Å². The largest absolute Gasteiger partial charge is 0.412 e. The Morgan fingerprint density at radius 1 is 1.17 bits per heavy atom. The van der Waals surface area contributed by atoms with Gasteiger partial charge in [0.05, 0.1) is 13.2 Å². The minimum atomic E-state index is -0.462. The fourth-order valence-electron chi connectivity index (χ4n) is 2.18. The Morgan fingerprint density at radius 2 is 1.71 bits per heavy atom. The van der Waals surface area contributed by atoms with Crippen LogP contribution in [-0.2, 0) is 0 Å². The first kappa shape index (κ1) is 22.2. The lowest BCUT2D eigenvalue weighted by Crippen LogP contribution is -2.34. The van der Waals surface area contributed by atoms with Crippen LogP contribution in [0.25, 0.3) is 0 Å². The van der Waals surface area contributed by atoms with Gasteiger partial charge in [0.2, 0.25) is 0 Å². The molecule has 1 aromatic carbocycles. The van der Waals surface area contributed by atoms with E-state index >= 15 is 0 Å². The Balaban J connectivity index is 0.00000254. The molecule has 0 aliphatic rings. The average molecular weight is 340 g/mol. The molecule has 0 aromatic heterocycles. The second kappa shape index (κ2) is 13.6. The molecule has 24 heavy (non-hydrogen) atoms. The van der Waals surface area contributed by atoms with Gasteiger partial charge in [0, 0.05) is 24.8 Å². The summed E-state index contributed by atoms with van der Waals surface area (Å²) >= 11 is 0. The number of nitrogens with zero attached hydrogens (tertiary/aromatic N) is 1. The monoisotopic (exact) mass is 340 g/mol. The fourth-order valence-corrected chi connectivity index (χ4v) is 2.18. The average Bonchev–Trinajstić information content (AvgIpc) is 2.57. The number of hydrogen-bond donors (Lipinski definition) is 3. The number of anilines is 1. The number of amides is 1. The summed E-state index contributed by atoms with van der Waals surface area (Å²) in [6, 6.07) is 7.07. The lowest BCUT2D eigenvalue weighted by molar-refractivity contribution is 0.196. The second-order valence-electron chi connectivity index (χ2n) is 5.15. The van der Waals surface area contributed by atoms with Crippen molar-refractivity contribution in [3.8, 4) is 5.75 Å². The maximum atomic E-state index is 11.7. The van der Waals surface area contributed by atoms with Crippen LogP contribution in [0.1, 0.15) is 40.5 Å². The van der Waals surface area contributed by atoms with Gasteiger partial charge in [-0.1, -0.05) is 27.2 Å². The Hall–Kier alpha value is -1.79. The van der Waals surface area contributed by atoms with Crippen LogP contribution < -0.4 is 15.0 Å². The summed E-state index contributed by atoms with van der Waals surface area (Å²) in [6.07, 6.45) is 1.45. The van der Waals surface area contributed by atoms with Gasteiger partial charge >= 0.3 is 6.09 Å². The first-order valence-corrected chi connectivity index (χ1v) is 8.65. The standard InChI is InChI=1S/C16H26N2O4.C2H6/c1-3-4-13(2)17-16(21)22-15-7-5-14(6-8-15)18(9-11-19)10-12-20;1-2/h5-8,13,19-20H,3-4,9-12H2,1-2H3,(H,17,21);1-2H3. The van der Waals surface area contributed by atoms with Crippen LogP contribution in [0.2, 0.25) is 0 Å². The smallest absolute Gasteiger partial charge is 0.410 e. The van der Waals surface area contributed by atoms with Crippen molar-refractivity contribution in [3.63, 3.8) is 0 Å². The van der Waals surface area contributed by atoms with Gasteiger partial charge < -0.3 is 25.2 Å². The van der Waals surface area contributed by atoms with Crippen molar-refractivity contribution in [1.29, 1.82) is 0 Å². The number of hydrogen-bond acceptors (Lipinski definition) is 5. The minimum absolute atomic E-state index is 0.00990. The van der Waals surface area contributed by atoms with Crippen LogP contribution in [0, 0.1) is 0 Å². The molecule has 0 radical (unpaired) electrons. The molecular weight excluding hydrogens is 308 g/mol. The number of carbonyl (C=O) groups is 1. The van der Waals surface area contributed by atoms with Crippen LogP contribution in [0.5, 0.6) is 5.75 Å². The van der Waals surface area contributed by atoms with Crippen LogP contribution in [0.3, 0.4) is 0 Å². The van der Waals surface area contributed by atoms with Crippen molar-refractivity contribution >= 4 is 11.8 Å². The number of benzene rings is 1. The van der Waals surface area contributed by atoms with Crippen LogP contribution >= 0.6 is 0 Å². The third-order valence-electron chi connectivity index (χ3n) is 3.24. The Labute approximate surface area is 145 Å². The Kier molecular flexibility index (Phi) is 12.6. The van der Waals surface area contributed by atoms with Crippen LogP contribution in [0.4, 0.5) is 10.5 Å². The first-order chi connectivity index (χ1) is 11.6. The predicted molar refractivity (Wildman–Crippen MR) is 97.7 cm³/mol. The number of nitrogens with one attached hydrogen (secondary N) is 1. The zero-order valence-corrected chi connectivity index (χ0v) is 15.3. The summed E-state index contributed by atoms with van der Waals surface area (Å²) in [6.45, 7) is 8.90. The quantitative estimate of drug-likeness (QED) is 0.644. The van der Waals surface area contributed by atoms with Crippen molar-refractivity contribution < 1.29 is 19.7 Å². The van der Waals surface area contributed by atoms with E-state index in [0.29, 0.717) is 18.8 Å². The molecule has 1 aromatic rings. The number of aliphatic hydroxyl groups excluding tert-OH is 2. The van der Waals surface area contributed by atoms with Gasteiger partial charge in [-0.2, -0.15) is 0 Å². The topological polar surface area (TPSA) is 82.0 Å². The van der Waals surface area contributed by atoms with Crippen LogP contribution in [-0.4, -0.2) is 48.7 Å². The molecule has 1 amide bonds. The van der Waals surface area contributed by atoms with E-state index in [1.807, 2.05) is 25.7 Å². The van der Waals surface area contributed by atoms with E-state index in [1.54, 1.807) is 24.3 Å². The molecule has 0 aliphatic carbocycles. The Morgan fingerprint density at radius 3 is 2.17 bits per heavy atom. The second-order valence-corrected chi connectivity index (χ2v) is 5.15. The van der Waals surface area contributed by atoms with Gasteiger partial charge in [0.25, 0.3) is 0 Å². The molecule has 0 fully saturated rings. The molecule has 138 valence electrons. The molecule has 3 N–H and O–H groups in total. The van der Waals surface area contributed by atoms with Crippen molar-refractivity contribution in [3.05, 3.63) is 24.3 Å². The fraction of sp³-hybridized carbons (Fsp3) is 0.611. The summed E-state index contributed by atoms with van der Waals surface area (Å²) in [7, 11) is 0. The zero-order valence-electron chi connectivity index (χ0n) is 15.3. The highest BCUT2D eigenvalue weighted by atomic mass is 16.6. The predicted octanol–water partition coefficient (Wildman–Crippen LogP) is 2.78. The first-order valence-electron chi connectivity index (χ1n) is 8.65. The molecule has 6 heteroatoms. The van der Waals surface area contributed by atoms with E-state index in [-0.39, 0.29) is 19.3 Å². The zero-order chi connectivity index (χ0) is 18.4. The molecule has 1 atom stereocenters. The van der Waals surface area contributed by atoms with E-state index in [9.17, 15) is 4.79 Å². The van der Waals surface area contributed by atoms with Gasteiger partial charge in [0.1, 0.15) is 5.75 Å². The van der Waals surface area contributed by atoms with Crippen molar-refractivity contribution in [2.75, 3.05) is 31.2 Å². The van der Waals surface area contributed by atoms with Gasteiger partial charge in [-0.15, -0.1) is 0 Å². The lowest BCUT2D eigenvalue weighted by atomic mass is 10.2. The summed E-state index contributed by atoms with van der Waals surface area (Å²) in [5.41, 5.74) is 0.857. The molecule has 0 saturated heterocycles. The van der Waals surface area contributed by atoms with E-state index in [1.165, 1.54) is 0 Å². The highest BCUT2D eigenvalue weighted by Gasteiger charge is 2.10. The van der Waals surface area contributed by atoms with Crippen LogP contribution in [0.15, 0.2) is 24.3 Å². The molecule has 1 unspecified atom stereocenters. The van der Waals surface area contributed by atoms with Gasteiger partial charge in [-0.05, 0) is 37.6 Å². The molecule has 0 bridgehead atoms. The van der Waals surface area contributed by atoms with Gasteiger partial charge in [-0.3, -0.25) is 0 Å². The number of rotatable bonds is 9. The molecule has 0 saturated carbocycles. The normalized spacial score (nSPS) is 11.1. The third-order valence-corrected chi connectivity index (χ3v) is 3.24. The number of ether oxygens (including phenoxy) is 1. The SMILES string of the molecule is CC.CCCC(C)NC(=O)Oc1ccc(N(CCO)CCO)cc1. The van der Waals surface area contributed by atoms with Gasteiger partial charge in [0.15, 0.2) is 0 Å². The summed E-state index contributed by atoms with van der Waals surface area (Å²) in [4.78, 5) is 13.6. The Bertz CT molecular complexity index is 431. The molecular formula is C18H32N2O4. The molecule has 0 heterocycles. The summed E-state index contributed by atoms with van der Waals surface area (Å²) < 4.78 is 5.22. The van der Waals surface area contributed by atoms with Crippen molar-refractivity contribution in [2.45, 2.75) is 46.6 Å². The molecule has 0 aliphatic heterocycles. The maximum absolute atomic E-state index is 11.7. The summed E-state index contributed by atoms with van der Waals surface area (Å²) in [5.74, 6) is 0.456. The van der Waals surface area contributed by atoms with E-state index in [0.717, 1.165) is 18.5 Å². The van der Waals surface area contributed by atoms with E-state index in [4.69, 9.17) is 14.9 Å². The molecule has 6 nitrogen and oxygen atoms in total. The van der Waals surface area contributed by atoms with E-state index < -0.39 is 6.09 Å². The lowest BCUT2D eigenvalue weighted by Gasteiger charge is -2.23. The molecule has 0 spiro atoms. The number of carbonyl (C=O) groups excluding carboxylic acids is 1. The van der Waals surface area contributed by atoms with Crippen molar-refractivity contribution in [2.24, 2.45) is 0 Å². The minimum Gasteiger partial charge on any atom is -0.410 e. The maximum Gasteiger partial charge on any atom is 0.412 e. The van der Waals surface area contributed by atoms with Crippen molar-refractivity contribution in [1.82, 2.24) is 5.32 Å². The highest BCUT2D eigenvalue weighted by molar-refractivity contribution is 5.70.